The third kappa shape index (κ3) is 1.60. The molecule has 5 rings (SSSR count). The molecule has 0 saturated carbocycles. The third-order valence-electron chi connectivity index (χ3n) is 6.63. The van der Waals surface area contributed by atoms with Crippen molar-refractivity contribution in [2.24, 2.45) is 23.7 Å². The number of aliphatic carboxylic acids is 1. The number of fused-ring (bicyclic) bond motifs is 2. The predicted octanol–water partition coefficient (Wildman–Crippen LogP) is 1.41. The summed E-state index contributed by atoms with van der Waals surface area (Å²) in [5, 5.41) is 9.68. The van der Waals surface area contributed by atoms with Crippen LogP contribution in [-0.2, 0) is 19.1 Å². The van der Waals surface area contributed by atoms with Gasteiger partial charge in [-0.15, -0.1) is 0 Å². The Kier molecular flexibility index (Phi) is 2.95. The van der Waals surface area contributed by atoms with Crippen LogP contribution in [0.15, 0.2) is 35.0 Å². The molecule has 1 N–H and O–H groups in total. The van der Waals surface area contributed by atoms with E-state index in [-0.39, 0.29) is 11.7 Å². The highest BCUT2D eigenvalue weighted by atomic mass is 16.5. The molecule has 7 nitrogen and oxygen atoms in total. The van der Waals surface area contributed by atoms with Gasteiger partial charge in [0.2, 0.25) is 5.91 Å². The zero-order valence-corrected chi connectivity index (χ0v) is 14.4. The first-order chi connectivity index (χ1) is 12.4. The number of hydrogen-bond acceptors (Lipinski definition) is 5. The van der Waals surface area contributed by atoms with E-state index in [1.807, 2.05) is 6.08 Å². The maximum atomic E-state index is 13.4. The number of ether oxygens (including phenoxy) is 1. The minimum atomic E-state index is -1.05. The first-order valence-corrected chi connectivity index (χ1v) is 8.88. The number of ketones is 1. The van der Waals surface area contributed by atoms with E-state index in [0.717, 1.165) is 0 Å². The van der Waals surface area contributed by atoms with Gasteiger partial charge in [0.1, 0.15) is 23.1 Å². The lowest BCUT2D eigenvalue weighted by Crippen LogP contribution is -2.58. The molecule has 3 fully saturated rings. The van der Waals surface area contributed by atoms with Crippen LogP contribution in [0, 0.1) is 23.7 Å². The van der Waals surface area contributed by atoms with E-state index in [1.165, 1.54) is 6.26 Å². The normalized spacial score (nSPS) is 45.9. The van der Waals surface area contributed by atoms with Crippen molar-refractivity contribution in [3.63, 3.8) is 0 Å². The number of carbonyl (C=O) groups excluding carboxylic acids is 2. The Labute approximate surface area is 149 Å². The Morgan fingerprint density at radius 1 is 1.27 bits per heavy atom. The van der Waals surface area contributed by atoms with Gasteiger partial charge < -0.3 is 19.2 Å². The Bertz CT molecular complexity index is 844. The number of carboxylic acids is 1. The van der Waals surface area contributed by atoms with Crippen LogP contribution < -0.4 is 0 Å². The van der Waals surface area contributed by atoms with E-state index >= 15 is 0 Å². The van der Waals surface area contributed by atoms with E-state index in [1.54, 1.807) is 37.0 Å². The number of carboxylic acid groups (broad SMARTS) is 1. The Hall–Kier alpha value is -2.41. The molecule has 0 aliphatic carbocycles. The highest BCUT2D eigenvalue weighted by Crippen LogP contribution is 2.60. The molecule has 136 valence electrons. The number of rotatable bonds is 2. The van der Waals surface area contributed by atoms with E-state index in [4.69, 9.17) is 9.15 Å². The van der Waals surface area contributed by atoms with Crippen LogP contribution in [-0.4, -0.2) is 45.4 Å². The lowest BCUT2D eigenvalue weighted by molar-refractivity contribution is -0.156. The van der Waals surface area contributed by atoms with Crippen molar-refractivity contribution in [3.05, 3.63) is 36.3 Å². The van der Waals surface area contributed by atoms with Gasteiger partial charge in [0.25, 0.3) is 0 Å². The molecular formula is C19H19NO6. The first kappa shape index (κ1) is 15.8. The second-order valence-electron chi connectivity index (χ2n) is 7.77. The van der Waals surface area contributed by atoms with Gasteiger partial charge in [0.15, 0.2) is 0 Å². The Balaban J connectivity index is 1.69. The van der Waals surface area contributed by atoms with Crippen LogP contribution in [0.3, 0.4) is 0 Å². The number of nitrogens with zero attached hydrogens (tertiary/aromatic N) is 1. The average molecular weight is 357 g/mol. The molecule has 8 atom stereocenters. The molecule has 2 bridgehead atoms. The summed E-state index contributed by atoms with van der Waals surface area (Å²) in [6.45, 7) is 3.60. The number of Topliss-reactive ketones (excluding diaryl/α,β-unsaturated/α-hetero) is 1. The van der Waals surface area contributed by atoms with Crippen molar-refractivity contribution < 1.29 is 28.6 Å². The average Bonchev–Trinajstić information content (AvgIpc) is 3.35. The molecule has 1 amide bonds. The molecule has 1 aromatic rings. The smallest absolute Gasteiger partial charge is 0.310 e. The summed E-state index contributed by atoms with van der Waals surface area (Å²) in [5.74, 6) is -3.33. The van der Waals surface area contributed by atoms with Crippen LogP contribution in [0.2, 0.25) is 0 Å². The molecule has 5 heterocycles. The van der Waals surface area contributed by atoms with Gasteiger partial charge in [0.05, 0.1) is 30.4 Å². The Morgan fingerprint density at radius 3 is 2.69 bits per heavy atom. The van der Waals surface area contributed by atoms with Crippen molar-refractivity contribution >= 4 is 17.7 Å². The molecule has 1 spiro atoms. The fourth-order valence-electron chi connectivity index (χ4n) is 5.65. The standard InChI is InChI=1S/C19H19NO6/c1-8-14(11-4-3-7-25-11)20-16(9(2)15(8)21)19-6-5-10(26-19)12(18(23)24)13(19)17(20)22/h3-10,12-14,16H,1-2H3,(H,23,24)/t8-,9+,10+,12-,13+,14+,16-,19-/m0/s1. The molecule has 7 heteroatoms. The summed E-state index contributed by atoms with van der Waals surface area (Å²) in [7, 11) is 0. The molecule has 1 aromatic heterocycles. The van der Waals surface area contributed by atoms with E-state index in [2.05, 4.69) is 0 Å². The highest BCUT2D eigenvalue weighted by Gasteiger charge is 2.75. The number of amides is 1. The fraction of sp³-hybridized carbons (Fsp3) is 0.526. The monoisotopic (exact) mass is 357 g/mol. The van der Waals surface area contributed by atoms with Gasteiger partial charge in [-0.05, 0) is 12.1 Å². The SMILES string of the molecule is C[C@@H]1C(=O)[C@@H](C)[C@H](c2ccco2)N2C(=O)[C@H]3[C@@H](C(=O)O)[C@H]4C=C[C@@]3(O4)[C@H]12. The summed E-state index contributed by atoms with van der Waals surface area (Å²) < 4.78 is 11.6. The van der Waals surface area contributed by atoms with Gasteiger partial charge in [-0.1, -0.05) is 26.0 Å². The molecule has 4 aliphatic heterocycles. The largest absolute Gasteiger partial charge is 0.481 e. The van der Waals surface area contributed by atoms with Crippen molar-refractivity contribution in [1.82, 2.24) is 4.90 Å². The molecule has 3 saturated heterocycles. The van der Waals surface area contributed by atoms with Crippen molar-refractivity contribution in [2.45, 2.75) is 37.6 Å². The highest BCUT2D eigenvalue weighted by molar-refractivity contribution is 5.96. The predicted molar refractivity (Wildman–Crippen MR) is 86.8 cm³/mol. The quantitative estimate of drug-likeness (QED) is 0.804. The summed E-state index contributed by atoms with van der Waals surface area (Å²) in [5.41, 5.74) is -1.05. The minimum Gasteiger partial charge on any atom is -0.481 e. The van der Waals surface area contributed by atoms with E-state index < -0.39 is 53.4 Å². The molecule has 26 heavy (non-hydrogen) atoms. The van der Waals surface area contributed by atoms with Gasteiger partial charge in [-0.25, -0.2) is 0 Å². The van der Waals surface area contributed by atoms with Crippen LogP contribution in [0.4, 0.5) is 0 Å². The molecule has 0 radical (unpaired) electrons. The van der Waals surface area contributed by atoms with Crippen LogP contribution in [0.1, 0.15) is 25.6 Å². The summed E-state index contributed by atoms with van der Waals surface area (Å²) in [4.78, 5) is 39.9. The van der Waals surface area contributed by atoms with Gasteiger partial charge in [-0.3, -0.25) is 14.4 Å². The molecule has 4 aliphatic rings. The van der Waals surface area contributed by atoms with E-state index in [0.29, 0.717) is 5.76 Å². The maximum Gasteiger partial charge on any atom is 0.310 e. The van der Waals surface area contributed by atoms with Gasteiger partial charge in [-0.2, -0.15) is 0 Å². The number of carbonyl (C=O) groups is 3. The maximum absolute atomic E-state index is 13.4. The van der Waals surface area contributed by atoms with Crippen LogP contribution in [0.25, 0.3) is 0 Å². The number of piperidine rings is 1. The molecular weight excluding hydrogens is 338 g/mol. The van der Waals surface area contributed by atoms with Crippen LogP contribution in [0.5, 0.6) is 0 Å². The van der Waals surface area contributed by atoms with Gasteiger partial charge >= 0.3 is 5.97 Å². The number of furan rings is 1. The third-order valence-corrected chi connectivity index (χ3v) is 6.63. The molecule has 0 unspecified atom stereocenters. The number of hydrogen-bond donors (Lipinski definition) is 1. The lowest BCUT2D eigenvalue weighted by Gasteiger charge is -2.46. The topological polar surface area (TPSA) is 97.1 Å². The first-order valence-electron chi connectivity index (χ1n) is 8.88. The minimum absolute atomic E-state index is 0.0368. The van der Waals surface area contributed by atoms with Crippen molar-refractivity contribution in [2.75, 3.05) is 0 Å². The summed E-state index contributed by atoms with van der Waals surface area (Å²) in [6, 6.07) is 2.41. The molecule has 0 aromatic carbocycles. The lowest BCUT2D eigenvalue weighted by atomic mass is 9.69. The van der Waals surface area contributed by atoms with Crippen molar-refractivity contribution in [1.29, 1.82) is 0 Å². The summed E-state index contributed by atoms with van der Waals surface area (Å²) >= 11 is 0. The van der Waals surface area contributed by atoms with Gasteiger partial charge in [0, 0.05) is 11.8 Å². The van der Waals surface area contributed by atoms with Crippen LogP contribution >= 0.6 is 0 Å². The zero-order valence-electron chi connectivity index (χ0n) is 14.4. The fourth-order valence-corrected chi connectivity index (χ4v) is 5.65. The second kappa shape index (κ2) is 4.85. The van der Waals surface area contributed by atoms with E-state index in [9.17, 15) is 19.5 Å². The second-order valence-corrected chi connectivity index (χ2v) is 7.77. The zero-order chi connectivity index (χ0) is 18.4. The Morgan fingerprint density at radius 2 is 2.04 bits per heavy atom. The summed E-state index contributed by atoms with van der Waals surface area (Å²) in [6.07, 6.45) is 4.43. The van der Waals surface area contributed by atoms with Crippen molar-refractivity contribution in [3.8, 4) is 0 Å².